The normalized spacial score (nSPS) is 15.8. The molecule has 0 saturated carbocycles. The molecule has 2 rings (SSSR count). The van der Waals surface area contributed by atoms with Crippen LogP contribution in [0.15, 0.2) is 10.5 Å². The molecule has 0 fully saturated rings. The summed E-state index contributed by atoms with van der Waals surface area (Å²) in [7, 11) is 0. The standard InChI is InChI=1S/C12H15BrFNO2/c1-7(2-3-15)8-6-9-12(10(13)11(8)14)17-5-4-16-9/h6-7H,2-5,15H2,1H3. The number of rotatable bonds is 3. The van der Waals surface area contributed by atoms with Crippen molar-refractivity contribution in [3.8, 4) is 11.5 Å². The Morgan fingerprint density at radius 3 is 2.88 bits per heavy atom. The molecule has 0 spiro atoms. The highest BCUT2D eigenvalue weighted by molar-refractivity contribution is 9.10. The highest BCUT2D eigenvalue weighted by atomic mass is 79.9. The van der Waals surface area contributed by atoms with Crippen LogP contribution in [-0.4, -0.2) is 19.8 Å². The third-order valence-corrected chi connectivity index (χ3v) is 3.58. The average molecular weight is 304 g/mol. The van der Waals surface area contributed by atoms with Crippen LogP contribution in [0.5, 0.6) is 11.5 Å². The number of halogens is 2. The van der Waals surface area contributed by atoms with Crippen LogP contribution in [-0.2, 0) is 0 Å². The van der Waals surface area contributed by atoms with Crippen LogP contribution >= 0.6 is 15.9 Å². The molecule has 94 valence electrons. The summed E-state index contributed by atoms with van der Waals surface area (Å²) in [5.41, 5.74) is 6.12. The Kier molecular flexibility index (Phi) is 3.89. The van der Waals surface area contributed by atoms with Crippen LogP contribution in [0.2, 0.25) is 0 Å². The van der Waals surface area contributed by atoms with Crippen molar-refractivity contribution >= 4 is 15.9 Å². The molecule has 3 nitrogen and oxygen atoms in total. The fourth-order valence-electron chi connectivity index (χ4n) is 1.91. The van der Waals surface area contributed by atoms with E-state index in [1.54, 1.807) is 6.07 Å². The molecular weight excluding hydrogens is 289 g/mol. The first kappa shape index (κ1) is 12.6. The number of fused-ring (bicyclic) bond motifs is 1. The first-order chi connectivity index (χ1) is 8.15. The summed E-state index contributed by atoms with van der Waals surface area (Å²) >= 11 is 3.22. The van der Waals surface area contributed by atoms with Gasteiger partial charge in [0.2, 0.25) is 0 Å². The zero-order chi connectivity index (χ0) is 12.4. The summed E-state index contributed by atoms with van der Waals surface area (Å²) in [6, 6.07) is 1.72. The lowest BCUT2D eigenvalue weighted by Crippen LogP contribution is -2.17. The monoisotopic (exact) mass is 303 g/mol. The van der Waals surface area contributed by atoms with Crippen molar-refractivity contribution in [2.24, 2.45) is 5.73 Å². The maximum absolute atomic E-state index is 14.1. The molecule has 1 aliphatic rings. The number of hydrogen-bond donors (Lipinski definition) is 1. The third kappa shape index (κ3) is 2.40. The minimum atomic E-state index is -0.282. The molecule has 1 atom stereocenters. The van der Waals surface area contributed by atoms with Gasteiger partial charge in [-0.25, -0.2) is 4.39 Å². The number of ether oxygens (including phenoxy) is 2. The fourth-order valence-corrected chi connectivity index (χ4v) is 2.44. The van der Waals surface area contributed by atoms with E-state index >= 15 is 0 Å². The Bertz CT molecular complexity index is 425. The quantitative estimate of drug-likeness (QED) is 0.934. The Morgan fingerprint density at radius 2 is 2.18 bits per heavy atom. The molecule has 0 amide bonds. The molecule has 1 aliphatic heterocycles. The summed E-state index contributed by atoms with van der Waals surface area (Å²) in [5, 5.41) is 0. The van der Waals surface area contributed by atoms with Crippen molar-refractivity contribution < 1.29 is 13.9 Å². The number of nitrogens with two attached hydrogens (primary N) is 1. The van der Waals surface area contributed by atoms with E-state index in [1.807, 2.05) is 6.92 Å². The first-order valence-electron chi connectivity index (χ1n) is 5.62. The Hall–Kier alpha value is -0.810. The van der Waals surface area contributed by atoms with Gasteiger partial charge in [0.25, 0.3) is 0 Å². The Morgan fingerprint density at radius 1 is 1.47 bits per heavy atom. The van der Waals surface area contributed by atoms with E-state index < -0.39 is 0 Å². The molecule has 0 aromatic heterocycles. The minimum Gasteiger partial charge on any atom is -0.486 e. The Balaban J connectivity index is 2.43. The summed E-state index contributed by atoms with van der Waals surface area (Å²) in [6.45, 7) is 3.43. The zero-order valence-corrected chi connectivity index (χ0v) is 11.2. The lowest BCUT2D eigenvalue weighted by Gasteiger charge is -2.22. The molecule has 17 heavy (non-hydrogen) atoms. The van der Waals surface area contributed by atoms with Gasteiger partial charge in [0, 0.05) is 0 Å². The highest BCUT2D eigenvalue weighted by Gasteiger charge is 2.23. The first-order valence-corrected chi connectivity index (χ1v) is 6.42. The molecule has 0 aliphatic carbocycles. The van der Waals surface area contributed by atoms with Gasteiger partial charge in [-0.05, 0) is 46.4 Å². The van der Waals surface area contributed by atoms with Crippen molar-refractivity contribution in [3.05, 3.63) is 21.9 Å². The van der Waals surface area contributed by atoms with Crippen molar-refractivity contribution in [1.29, 1.82) is 0 Å². The predicted octanol–water partition coefficient (Wildman–Crippen LogP) is 2.81. The summed E-state index contributed by atoms with van der Waals surface area (Å²) < 4.78 is 25.3. The van der Waals surface area contributed by atoms with Crippen LogP contribution in [0.25, 0.3) is 0 Å². The van der Waals surface area contributed by atoms with Gasteiger partial charge in [0.1, 0.15) is 19.0 Å². The van der Waals surface area contributed by atoms with Gasteiger partial charge >= 0.3 is 0 Å². The molecule has 2 N–H and O–H groups in total. The van der Waals surface area contributed by atoms with Gasteiger partial charge in [0.05, 0.1) is 4.47 Å². The molecule has 1 unspecified atom stereocenters. The van der Waals surface area contributed by atoms with E-state index in [-0.39, 0.29) is 11.7 Å². The van der Waals surface area contributed by atoms with Crippen LogP contribution in [0.4, 0.5) is 4.39 Å². The second-order valence-electron chi connectivity index (χ2n) is 4.10. The van der Waals surface area contributed by atoms with Gasteiger partial charge in [-0.3, -0.25) is 0 Å². The van der Waals surface area contributed by atoms with Crippen LogP contribution in [0.1, 0.15) is 24.8 Å². The van der Waals surface area contributed by atoms with Crippen molar-refractivity contribution in [1.82, 2.24) is 0 Å². The maximum Gasteiger partial charge on any atom is 0.178 e. The van der Waals surface area contributed by atoms with E-state index in [9.17, 15) is 4.39 Å². The summed E-state index contributed by atoms with van der Waals surface area (Å²) in [6.07, 6.45) is 0.739. The number of hydrogen-bond acceptors (Lipinski definition) is 3. The average Bonchev–Trinajstić information content (AvgIpc) is 2.34. The van der Waals surface area contributed by atoms with E-state index in [1.165, 1.54) is 0 Å². The smallest absolute Gasteiger partial charge is 0.178 e. The van der Waals surface area contributed by atoms with Crippen LogP contribution in [0, 0.1) is 5.82 Å². The molecule has 0 saturated heterocycles. The van der Waals surface area contributed by atoms with Crippen LogP contribution < -0.4 is 15.2 Å². The summed E-state index contributed by atoms with van der Waals surface area (Å²) in [4.78, 5) is 0. The number of benzene rings is 1. The highest BCUT2D eigenvalue weighted by Crippen LogP contribution is 2.42. The molecule has 1 aromatic carbocycles. The lowest BCUT2D eigenvalue weighted by molar-refractivity contribution is 0.169. The molecular formula is C12H15BrFNO2. The van der Waals surface area contributed by atoms with E-state index in [2.05, 4.69) is 15.9 Å². The second-order valence-corrected chi connectivity index (χ2v) is 4.89. The molecule has 1 heterocycles. The van der Waals surface area contributed by atoms with Crippen molar-refractivity contribution in [2.75, 3.05) is 19.8 Å². The molecule has 5 heteroatoms. The van der Waals surface area contributed by atoms with Crippen molar-refractivity contribution in [3.63, 3.8) is 0 Å². The zero-order valence-electron chi connectivity index (χ0n) is 9.63. The SMILES string of the molecule is CC(CCN)c1cc2c(c(Br)c1F)OCCO2. The van der Waals surface area contributed by atoms with Crippen LogP contribution in [0.3, 0.4) is 0 Å². The second kappa shape index (κ2) is 5.23. The minimum absolute atomic E-state index is 0.0622. The van der Waals surface area contributed by atoms with Gasteiger partial charge in [0.15, 0.2) is 11.5 Å². The largest absolute Gasteiger partial charge is 0.486 e. The van der Waals surface area contributed by atoms with E-state index in [0.717, 1.165) is 6.42 Å². The predicted molar refractivity (Wildman–Crippen MR) is 67.2 cm³/mol. The third-order valence-electron chi connectivity index (χ3n) is 2.87. The van der Waals surface area contributed by atoms with Gasteiger partial charge in [-0.1, -0.05) is 6.92 Å². The van der Waals surface area contributed by atoms with Crippen molar-refractivity contribution in [2.45, 2.75) is 19.3 Å². The topological polar surface area (TPSA) is 44.5 Å². The van der Waals surface area contributed by atoms with E-state index in [0.29, 0.717) is 41.3 Å². The lowest BCUT2D eigenvalue weighted by atomic mass is 9.96. The molecule has 1 aromatic rings. The Labute approximate surface area is 108 Å². The summed E-state index contributed by atoms with van der Waals surface area (Å²) in [5.74, 6) is 0.836. The van der Waals surface area contributed by atoms with E-state index in [4.69, 9.17) is 15.2 Å². The maximum atomic E-state index is 14.1. The molecule has 0 bridgehead atoms. The van der Waals surface area contributed by atoms with Gasteiger partial charge in [-0.2, -0.15) is 0 Å². The fraction of sp³-hybridized carbons (Fsp3) is 0.500. The molecule has 0 radical (unpaired) electrons. The van der Waals surface area contributed by atoms with Gasteiger partial charge in [-0.15, -0.1) is 0 Å². The van der Waals surface area contributed by atoms with Gasteiger partial charge < -0.3 is 15.2 Å².